The molecule has 29 heavy (non-hydrogen) atoms. The van der Waals surface area contributed by atoms with Gasteiger partial charge in [0.1, 0.15) is 0 Å². The normalized spacial score (nSPS) is 20.1. The van der Waals surface area contributed by atoms with Crippen LogP contribution in [0.1, 0.15) is 43.2 Å². The summed E-state index contributed by atoms with van der Waals surface area (Å²) in [6.45, 7) is 5.59. The highest BCUT2D eigenvalue weighted by molar-refractivity contribution is 5.64. The molecule has 0 amide bonds. The number of aliphatic hydroxyl groups excluding tert-OH is 2. The third-order valence-corrected chi connectivity index (χ3v) is 5.83. The van der Waals surface area contributed by atoms with E-state index in [-0.39, 0.29) is 18.8 Å². The third kappa shape index (κ3) is 6.93. The minimum atomic E-state index is -0.248. The van der Waals surface area contributed by atoms with Gasteiger partial charge in [0, 0.05) is 19.2 Å². The van der Waals surface area contributed by atoms with Gasteiger partial charge in [-0.05, 0) is 62.3 Å². The van der Waals surface area contributed by atoms with Crippen molar-refractivity contribution >= 4 is 0 Å². The first kappa shape index (κ1) is 22.0. The molecule has 0 spiro atoms. The molecule has 2 atom stereocenters. The third-order valence-electron chi connectivity index (χ3n) is 5.83. The van der Waals surface area contributed by atoms with E-state index in [1.807, 2.05) is 0 Å². The molecule has 0 aromatic heterocycles. The van der Waals surface area contributed by atoms with Crippen molar-refractivity contribution in [1.82, 2.24) is 4.90 Å². The topological polar surface area (TPSA) is 52.9 Å². The molecular formula is C25H35NO3. The Bertz CT molecular complexity index is 731. The number of hydrogen-bond donors (Lipinski definition) is 2. The number of rotatable bonds is 10. The molecule has 1 saturated heterocycles. The zero-order valence-electron chi connectivity index (χ0n) is 17.6. The quantitative estimate of drug-likeness (QED) is 0.591. The van der Waals surface area contributed by atoms with Gasteiger partial charge in [-0.25, -0.2) is 0 Å². The smallest absolute Gasteiger partial charge is 0.0716 e. The predicted molar refractivity (Wildman–Crippen MR) is 118 cm³/mol. The summed E-state index contributed by atoms with van der Waals surface area (Å²) >= 11 is 0. The molecule has 0 bridgehead atoms. The van der Waals surface area contributed by atoms with Crippen molar-refractivity contribution in [2.75, 3.05) is 26.3 Å². The van der Waals surface area contributed by atoms with E-state index in [1.54, 1.807) is 0 Å². The lowest BCUT2D eigenvalue weighted by Crippen LogP contribution is -2.46. The van der Waals surface area contributed by atoms with E-state index in [0.29, 0.717) is 13.0 Å². The first-order valence-corrected chi connectivity index (χ1v) is 10.9. The van der Waals surface area contributed by atoms with Gasteiger partial charge >= 0.3 is 0 Å². The van der Waals surface area contributed by atoms with Crippen molar-refractivity contribution in [3.8, 4) is 11.1 Å². The molecule has 4 nitrogen and oxygen atoms in total. The lowest BCUT2D eigenvalue weighted by molar-refractivity contribution is 0.0160. The average Bonchev–Trinajstić information content (AvgIpc) is 2.74. The Morgan fingerprint density at radius 3 is 2.62 bits per heavy atom. The van der Waals surface area contributed by atoms with Crippen molar-refractivity contribution in [3.05, 3.63) is 59.7 Å². The fraction of sp³-hybridized carbons (Fsp3) is 0.520. The molecule has 3 rings (SSSR count). The number of unbranched alkanes of at least 4 members (excludes halogenated alkanes) is 2. The summed E-state index contributed by atoms with van der Waals surface area (Å²) < 4.78 is 5.85. The lowest BCUT2D eigenvalue weighted by atomic mass is 9.99. The van der Waals surface area contributed by atoms with Crippen molar-refractivity contribution in [2.45, 2.75) is 57.8 Å². The monoisotopic (exact) mass is 397 g/mol. The Morgan fingerprint density at radius 1 is 1.03 bits per heavy atom. The first-order valence-electron chi connectivity index (χ1n) is 10.9. The molecule has 2 aromatic rings. The van der Waals surface area contributed by atoms with Crippen molar-refractivity contribution in [3.63, 3.8) is 0 Å². The minimum absolute atomic E-state index is 0.123. The highest BCUT2D eigenvalue weighted by Gasteiger charge is 2.26. The highest BCUT2D eigenvalue weighted by Crippen LogP contribution is 2.21. The lowest BCUT2D eigenvalue weighted by Gasteiger charge is -2.36. The van der Waals surface area contributed by atoms with Crippen LogP contribution in [-0.4, -0.2) is 53.6 Å². The second-order valence-corrected chi connectivity index (χ2v) is 8.23. The van der Waals surface area contributed by atoms with Crippen LogP contribution in [0.25, 0.3) is 11.1 Å². The van der Waals surface area contributed by atoms with Gasteiger partial charge < -0.3 is 14.9 Å². The van der Waals surface area contributed by atoms with Gasteiger partial charge in [0.15, 0.2) is 0 Å². The summed E-state index contributed by atoms with van der Waals surface area (Å²) in [5, 5.41) is 19.2. The maximum Gasteiger partial charge on any atom is 0.0716 e. The summed E-state index contributed by atoms with van der Waals surface area (Å²) in [6.07, 6.45) is 4.57. The molecule has 1 heterocycles. The van der Waals surface area contributed by atoms with E-state index < -0.39 is 0 Å². The van der Waals surface area contributed by atoms with Crippen LogP contribution in [0.3, 0.4) is 0 Å². The molecule has 0 saturated carbocycles. The van der Waals surface area contributed by atoms with Crippen LogP contribution in [0.15, 0.2) is 48.5 Å². The summed E-state index contributed by atoms with van der Waals surface area (Å²) in [4.78, 5) is 2.32. The summed E-state index contributed by atoms with van der Waals surface area (Å²) in [7, 11) is 0. The summed E-state index contributed by atoms with van der Waals surface area (Å²) in [6, 6.07) is 17.3. The van der Waals surface area contributed by atoms with Gasteiger partial charge in [-0.2, -0.15) is 0 Å². The largest absolute Gasteiger partial charge is 0.395 e. The fourth-order valence-electron chi connectivity index (χ4n) is 4.07. The zero-order chi connectivity index (χ0) is 20.5. The van der Waals surface area contributed by atoms with Crippen LogP contribution >= 0.6 is 0 Å². The number of ether oxygens (including phenoxy) is 1. The number of benzene rings is 2. The molecule has 158 valence electrons. The number of likely N-dealkylation sites (tertiary alicyclic amines) is 1. The number of nitrogens with zero attached hydrogens (tertiary/aromatic N) is 1. The van der Waals surface area contributed by atoms with Gasteiger partial charge in [-0.3, -0.25) is 4.90 Å². The van der Waals surface area contributed by atoms with Gasteiger partial charge in [-0.15, -0.1) is 0 Å². The van der Waals surface area contributed by atoms with Gasteiger partial charge in [-0.1, -0.05) is 54.1 Å². The standard InChI is InChI=1S/C25H35NO3/c1-20-6-5-7-23(16-20)22-10-8-21(9-11-22)19-29-15-4-2-3-13-26-14-12-25(28)17-24(26)18-27/h5-11,16,24-25,27-28H,2-4,12-15,17-19H2,1H3. The van der Waals surface area contributed by atoms with E-state index in [2.05, 4.69) is 60.4 Å². The summed E-state index contributed by atoms with van der Waals surface area (Å²) in [5.41, 5.74) is 4.98. The van der Waals surface area contributed by atoms with Crippen LogP contribution in [0, 0.1) is 6.92 Å². The Morgan fingerprint density at radius 2 is 1.86 bits per heavy atom. The minimum Gasteiger partial charge on any atom is -0.395 e. The van der Waals surface area contributed by atoms with E-state index in [0.717, 1.165) is 45.4 Å². The van der Waals surface area contributed by atoms with Gasteiger partial charge in [0.25, 0.3) is 0 Å². The molecule has 2 N–H and O–H groups in total. The zero-order valence-corrected chi connectivity index (χ0v) is 17.6. The first-order chi connectivity index (χ1) is 14.2. The number of hydrogen-bond acceptors (Lipinski definition) is 4. The van der Waals surface area contributed by atoms with Gasteiger partial charge in [0.2, 0.25) is 0 Å². The van der Waals surface area contributed by atoms with Gasteiger partial charge in [0.05, 0.1) is 19.3 Å². The number of aryl methyl sites for hydroxylation is 1. The van der Waals surface area contributed by atoms with Crippen LogP contribution in [0.4, 0.5) is 0 Å². The molecule has 0 radical (unpaired) electrons. The number of piperidine rings is 1. The molecule has 4 heteroatoms. The molecule has 2 unspecified atom stereocenters. The van der Waals surface area contributed by atoms with E-state index in [1.165, 1.54) is 22.3 Å². The Balaban J connectivity index is 1.30. The number of aliphatic hydroxyl groups is 2. The Labute approximate surface area is 175 Å². The van der Waals surface area contributed by atoms with E-state index in [9.17, 15) is 10.2 Å². The average molecular weight is 398 g/mol. The predicted octanol–water partition coefficient (Wildman–Crippen LogP) is 4.17. The maximum absolute atomic E-state index is 9.72. The van der Waals surface area contributed by atoms with Crippen LogP contribution in [0.2, 0.25) is 0 Å². The Kier molecular flexibility index (Phi) is 8.69. The molecule has 2 aromatic carbocycles. The molecule has 1 aliphatic rings. The van der Waals surface area contributed by atoms with E-state index >= 15 is 0 Å². The van der Waals surface area contributed by atoms with E-state index in [4.69, 9.17) is 4.74 Å². The van der Waals surface area contributed by atoms with Crippen LogP contribution < -0.4 is 0 Å². The maximum atomic E-state index is 9.72. The second kappa shape index (κ2) is 11.5. The SMILES string of the molecule is Cc1cccc(-c2ccc(COCCCCCN3CCC(O)CC3CO)cc2)c1. The molecular weight excluding hydrogens is 362 g/mol. The highest BCUT2D eigenvalue weighted by atomic mass is 16.5. The van der Waals surface area contributed by atoms with Crippen molar-refractivity contribution in [2.24, 2.45) is 0 Å². The summed E-state index contributed by atoms with van der Waals surface area (Å²) in [5.74, 6) is 0. The molecule has 0 aliphatic carbocycles. The van der Waals surface area contributed by atoms with Crippen LogP contribution in [-0.2, 0) is 11.3 Å². The van der Waals surface area contributed by atoms with Crippen LogP contribution in [0.5, 0.6) is 0 Å². The van der Waals surface area contributed by atoms with Crippen molar-refractivity contribution < 1.29 is 14.9 Å². The molecule has 1 aliphatic heterocycles. The Hall–Kier alpha value is -1.72. The second-order valence-electron chi connectivity index (χ2n) is 8.23. The molecule has 1 fully saturated rings. The fourth-order valence-corrected chi connectivity index (χ4v) is 4.07. The van der Waals surface area contributed by atoms with Crippen molar-refractivity contribution in [1.29, 1.82) is 0 Å².